The fourth-order valence-electron chi connectivity index (χ4n) is 2.71. The van der Waals surface area contributed by atoms with E-state index in [0.29, 0.717) is 0 Å². The van der Waals surface area contributed by atoms with Crippen molar-refractivity contribution in [3.63, 3.8) is 0 Å². The number of rotatable bonds is 4. The molecule has 4 heteroatoms. The zero-order chi connectivity index (χ0) is 14.8. The Balaban J connectivity index is 1.91. The second kappa shape index (κ2) is 6.41. The van der Waals surface area contributed by atoms with E-state index >= 15 is 0 Å². The lowest BCUT2D eigenvalue weighted by atomic mass is 10.0. The zero-order valence-electron chi connectivity index (χ0n) is 11.7. The van der Waals surface area contributed by atoms with E-state index in [1.165, 1.54) is 16.7 Å². The summed E-state index contributed by atoms with van der Waals surface area (Å²) >= 11 is 7.41. The van der Waals surface area contributed by atoms with Crippen LogP contribution >= 0.6 is 31.9 Å². The number of para-hydroxylation sites is 1. The minimum absolute atomic E-state index is 0.193. The molecule has 0 N–H and O–H groups in total. The van der Waals surface area contributed by atoms with Crippen molar-refractivity contribution in [1.29, 1.82) is 0 Å². The van der Waals surface area contributed by atoms with Crippen molar-refractivity contribution >= 4 is 31.9 Å². The molecule has 1 heterocycles. The summed E-state index contributed by atoms with van der Waals surface area (Å²) in [6.07, 6.45) is 1.84. The summed E-state index contributed by atoms with van der Waals surface area (Å²) in [5.74, 6) is 1.96. The second-order valence-corrected chi connectivity index (χ2v) is 7.09. The smallest absolute Gasteiger partial charge is 0.127 e. The van der Waals surface area contributed by atoms with Gasteiger partial charge in [0.15, 0.2) is 0 Å². The van der Waals surface area contributed by atoms with Crippen LogP contribution in [0.5, 0.6) is 11.5 Å². The van der Waals surface area contributed by atoms with E-state index in [1.807, 2.05) is 18.2 Å². The van der Waals surface area contributed by atoms with Gasteiger partial charge in [-0.3, -0.25) is 0 Å². The summed E-state index contributed by atoms with van der Waals surface area (Å²) in [6, 6.07) is 12.4. The summed E-state index contributed by atoms with van der Waals surface area (Å²) < 4.78 is 12.4. The number of benzene rings is 2. The summed E-state index contributed by atoms with van der Waals surface area (Å²) in [7, 11) is 1.71. The van der Waals surface area contributed by atoms with Gasteiger partial charge >= 0.3 is 0 Å². The highest BCUT2D eigenvalue weighted by atomic mass is 79.9. The number of methoxy groups -OCH3 is 1. The highest BCUT2D eigenvalue weighted by Gasteiger charge is 2.22. The van der Waals surface area contributed by atoms with E-state index in [1.54, 1.807) is 7.11 Å². The lowest BCUT2D eigenvalue weighted by Crippen LogP contribution is -2.00. The van der Waals surface area contributed by atoms with Gasteiger partial charge in [-0.1, -0.05) is 50.1 Å². The van der Waals surface area contributed by atoms with Crippen LogP contribution in [-0.4, -0.2) is 13.7 Å². The molecule has 2 nitrogen and oxygen atoms in total. The second-order valence-electron chi connectivity index (χ2n) is 5.07. The van der Waals surface area contributed by atoms with Gasteiger partial charge in [0, 0.05) is 21.3 Å². The van der Waals surface area contributed by atoms with Crippen molar-refractivity contribution in [2.24, 2.45) is 0 Å². The highest BCUT2D eigenvalue weighted by molar-refractivity contribution is 9.10. The van der Waals surface area contributed by atoms with Crippen LogP contribution in [0.4, 0.5) is 0 Å². The third kappa shape index (κ3) is 3.11. The third-order valence-corrected chi connectivity index (χ3v) is 4.98. The van der Waals surface area contributed by atoms with Gasteiger partial charge in [0.25, 0.3) is 0 Å². The lowest BCUT2D eigenvalue weighted by Gasteiger charge is -2.16. The topological polar surface area (TPSA) is 18.5 Å². The molecule has 0 amide bonds. The first-order valence-electron chi connectivity index (χ1n) is 6.90. The lowest BCUT2D eigenvalue weighted by molar-refractivity contribution is 0.353. The first kappa shape index (κ1) is 14.9. The van der Waals surface area contributed by atoms with Gasteiger partial charge in [0.1, 0.15) is 11.5 Å². The van der Waals surface area contributed by atoms with Crippen LogP contribution in [0.1, 0.15) is 21.5 Å². The fourth-order valence-corrected chi connectivity index (χ4v) is 3.92. The molecular weight excluding hydrogens is 396 g/mol. The maximum atomic E-state index is 5.82. The molecular formula is C17H16Br2O2. The van der Waals surface area contributed by atoms with Gasteiger partial charge in [-0.25, -0.2) is 0 Å². The fraction of sp³-hybridized carbons (Fsp3) is 0.294. The van der Waals surface area contributed by atoms with Gasteiger partial charge in [-0.15, -0.1) is 0 Å². The van der Waals surface area contributed by atoms with E-state index in [2.05, 4.69) is 50.1 Å². The Kier molecular flexibility index (Phi) is 4.55. The van der Waals surface area contributed by atoms with Crippen molar-refractivity contribution in [3.8, 4) is 11.5 Å². The Hall–Kier alpha value is -1.00. The van der Waals surface area contributed by atoms with Crippen LogP contribution in [-0.2, 0) is 12.8 Å². The molecule has 1 aliphatic heterocycles. The summed E-state index contributed by atoms with van der Waals surface area (Å²) in [6.45, 7) is 0.771. The maximum Gasteiger partial charge on any atom is 0.127 e. The molecule has 110 valence electrons. The van der Waals surface area contributed by atoms with Crippen LogP contribution < -0.4 is 9.47 Å². The van der Waals surface area contributed by atoms with E-state index in [4.69, 9.17) is 9.47 Å². The standard InChI is InChI=1S/C17H16Br2O2/c1-20-16-5-3-2-4-11(16)9-15(19)14-10-13(18)8-12-6-7-21-17(12)14/h2-5,8,10,15H,6-7,9H2,1H3. The van der Waals surface area contributed by atoms with Crippen LogP contribution in [0.3, 0.4) is 0 Å². The molecule has 1 aliphatic rings. The van der Waals surface area contributed by atoms with Gasteiger partial charge < -0.3 is 9.47 Å². The largest absolute Gasteiger partial charge is 0.496 e. The quantitative estimate of drug-likeness (QED) is 0.653. The van der Waals surface area contributed by atoms with Crippen LogP contribution in [0.25, 0.3) is 0 Å². The summed E-state index contributed by atoms with van der Waals surface area (Å²) in [5, 5.41) is 0. The molecule has 0 radical (unpaired) electrons. The zero-order valence-corrected chi connectivity index (χ0v) is 14.9. The summed E-state index contributed by atoms with van der Waals surface area (Å²) in [4.78, 5) is 0.193. The number of ether oxygens (including phenoxy) is 2. The van der Waals surface area contributed by atoms with Crippen molar-refractivity contribution in [3.05, 3.63) is 57.6 Å². The average molecular weight is 412 g/mol. The molecule has 0 saturated heterocycles. The Labute approximate surface area is 141 Å². The molecule has 1 atom stereocenters. The molecule has 0 spiro atoms. The molecule has 2 aromatic carbocycles. The van der Waals surface area contributed by atoms with E-state index in [0.717, 1.165) is 35.4 Å². The number of hydrogen-bond acceptors (Lipinski definition) is 2. The molecule has 0 saturated carbocycles. The average Bonchev–Trinajstić information content (AvgIpc) is 2.94. The number of fused-ring (bicyclic) bond motifs is 1. The van der Waals surface area contributed by atoms with Crippen LogP contribution in [0.15, 0.2) is 40.9 Å². The Morgan fingerprint density at radius 1 is 1.29 bits per heavy atom. The first-order valence-corrected chi connectivity index (χ1v) is 8.61. The number of hydrogen-bond donors (Lipinski definition) is 0. The number of halogens is 2. The first-order chi connectivity index (χ1) is 10.2. The van der Waals surface area contributed by atoms with Crippen molar-refractivity contribution in [2.75, 3.05) is 13.7 Å². The molecule has 0 aliphatic carbocycles. The van der Waals surface area contributed by atoms with E-state index in [-0.39, 0.29) is 4.83 Å². The summed E-state index contributed by atoms with van der Waals surface area (Å²) in [5.41, 5.74) is 3.67. The Morgan fingerprint density at radius 2 is 2.10 bits per heavy atom. The monoisotopic (exact) mass is 410 g/mol. The van der Waals surface area contributed by atoms with Crippen molar-refractivity contribution in [1.82, 2.24) is 0 Å². The molecule has 0 aromatic heterocycles. The van der Waals surface area contributed by atoms with Gasteiger partial charge in [-0.05, 0) is 35.7 Å². The van der Waals surface area contributed by atoms with E-state index in [9.17, 15) is 0 Å². The van der Waals surface area contributed by atoms with Gasteiger partial charge in [-0.2, -0.15) is 0 Å². The van der Waals surface area contributed by atoms with Gasteiger partial charge in [0.2, 0.25) is 0 Å². The highest BCUT2D eigenvalue weighted by Crippen LogP contribution is 2.41. The predicted octanol–water partition coefficient (Wildman–Crippen LogP) is 5.07. The number of alkyl halides is 1. The Morgan fingerprint density at radius 3 is 2.90 bits per heavy atom. The minimum Gasteiger partial charge on any atom is -0.496 e. The minimum atomic E-state index is 0.193. The van der Waals surface area contributed by atoms with Crippen LogP contribution in [0.2, 0.25) is 0 Å². The van der Waals surface area contributed by atoms with Gasteiger partial charge in [0.05, 0.1) is 13.7 Å². The van der Waals surface area contributed by atoms with Crippen molar-refractivity contribution < 1.29 is 9.47 Å². The van der Waals surface area contributed by atoms with Crippen molar-refractivity contribution in [2.45, 2.75) is 17.7 Å². The SMILES string of the molecule is COc1ccccc1CC(Br)c1cc(Br)cc2c1OCC2. The maximum absolute atomic E-state index is 5.82. The van der Waals surface area contributed by atoms with E-state index < -0.39 is 0 Å². The molecule has 2 aromatic rings. The molecule has 3 rings (SSSR count). The Bertz CT molecular complexity index is 655. The van der Waals surface area contributed by atoms with Crippen LogP contribution in [0, 0.1) is 0 Å². The molecule has 0 bridgehead atoms. The third-order valence-electron chi connectivity index (χ3n) is 3.71. The predicted molar refractivity (Wildman–Crippen MR) is 91.7 cm³/mol. The normalized spacial score (nSPS) is 14.4. The molecule has 0 fully saturated rings. The molecule has 1 unspecified atom stereocenters. The molecule has 21 heavy (non-hydrogen) atoms.